The molecule has 1 rings (SSSR count). The lowest BCUT2D eigenvalue weighted by molar-refractivity contribution is -0.181. The molecule has 2 nitrogen and oxygen atoms in total. The third-order valence-electron chi connectivity index (χ3n) is 2.63. The van der Waals surface area contributed by atoms with E-state index in [0.29, 0.717) is 18.8 Å². The number of amides is 1. The number of alkyl halides is 4. The van der Waals surface area contributed by atoms with Crippen molar-refractivity contribution in [3.05, 3.63) is 0 Å². The van der Waals surface area contributed by atoms with Gasteiger partial charge >= 0.3 is 12.3 Å². The zero-order chi connectivity index (χ0) is 11.6. The average molecular weight is 227 g/mol. The second-order valence-corrected chi connectivity index (χ2v) is 3.90. The zero-order valence-electron chi connectivity index (χ0n) is 8.35. The Morgan fingerprint density at radius 3 is 2.20 bits per heavy atom. The van der Waals surface area contributed by atoms with Gasteiger partial charge in [0.15, 0.2) is 0 Å². The van der Waals surface area contributed by atoms with Crippen LogP contribution in [0.15, 0.2) is 0 Å². The molecule has 88 valence electrons. The van der Waals surface area contributed by atoms with E-state index in [1.807, 2.05) is 6.92 Å². The molecule has 0 atom stereocenters. The third kappa shape index (κ3) is 2.60. The van der Waals surface area contributed by atoms with E-state index in [9.17, 15) is 22.4 Å². The second kappa shape index (κ2) is 4.37. The van der Waals surface area contributed by atoms with Crippen LogP contribution >= 0.6 is 0 Å². The summed E-state index contributed by atoms with van der Waals surface area (Å²) in [5.41, 5.74) is 0. The predicted molar refractivity (Wildman–Crippen MR) is 45.9 cm³/mol. The van der Waals surface area contributed by atoms with Crippen LogP contribution in [0.5, 0.6) is 0 Å². The van der Waals surface area contributed by atoms with Gasteiger partial charge in [-0.2, -0.15) is 8.78 Å². The van der Waals surface area contributed by atoms with Crippen molar-refractivity contribution < 1.29 is 22.4 Å². The molecule has 0 bridgehead atoms. The van der Waals surface area contributed by atoms with Crippen LogP contribution in [-0.4, -0.2) is 36.2 Å². The summed E-state index contributed by atoms with van der Waals surface area (Å²) >= 11 is 0. The minimum atomic E-state index is -4.54. The van der Waals surface area contributed by atoms with Crippen molar-refractivity contribution in [3.8, 4) is 0 Å². The average Bonchev–Trinajstić information content (AvgIpc) is 2.17. The summed E-state index contributed by atoms with van der Waals surface area (Å²) in [6, 6.07) is 0. The summed E-state index contributed by atoms with van der Waals surface area (Å²) < 4.78 is 49.2. The summed E-state index contributed by atoms with van der Waals surface area (Å²) in [5.74, 6) is -5.93. The highest BCUT2D eigenvalue weighted by Crippen LogP contribution is 2.27. The first kappa shape index (κ1) is 12.3. The van der Waals surface area contributed by atoms with Gasteiger partial charge in [-0.1, -0.05) is 6.92 Å². The van der Waals surface area contributed by atoms with E-state index in [1.165, 1.54) is 0 Å². The quantitative estimate of drug-likeness (QED) is 0.662. The van der Waals surface area contributed by atoms with Gasteiger partial charge in [0.05, 0.1) is 0 Å². The zero-order valence-corrected chi connectivity index (χ0v) is 8.35. The number of carbonyl (C=O) groups excluding carboxylic acids is 1. The van der Waals surface area contributed by atoms with Crippen molar-refractivity contribution in [2.45, 2.75) is 32.1 Å². The van der Waals surface area contributed by atoms with Gasteiger partial charge in [-0.05, 0) is 18.8 Å². The molecule has 0 aromatic carbocycles. The SMILES string of the molecule is CC1CCN(C(=O)C(F)(F)C(F)F)CC1. The Hall–Kier alpha value is -0.810. The normalized spacial score (nSPS) is 19.7. The molecule has 0 spiro atoms. The van der Waals surface area contributed by atoms with Gasteiger partial charge in [0.25, 0.3) is 5.91 Å². The Kier molecular flexibility index (Phi) is 3.57. The van der Waals surface area contributed by atoms with Crippen LogP contribution in [0.25, 0.3) is 0 Å². The number of carbonyl (C=O) groups is 1. The van der Waals surface area contributed by atoms with E-state index in [0.717, 1.165) is 4.90 Å². The van der Waals surface area contributed by atoms with E-state index in [4.69, 9.17) is 0 Å². The summed E-state index contributed by atoms with van der Waals surface area (Å²) in [6.07, 6.45) is -2.75. The number of hydrogen-bond donors (Lipinski definition) is 0. The molecular weight excluding hydrogens is 214 g/mol. The molecule has 1 aliphatic rings. The minimum absolute atomic E-state index is 0.141. The number of hydrogen-bond acceptors (Lipinski definition) is 1. The van der Waals surface area contributed by atoms with Crippen LogP contribution in [0.3, 0.4) is 0 Å². The molecule has 0 saturated carbocycles. The van der Waals surface area contributed by atoms with Gasteiger partial charge < -0.3 is 4.90 Å². The van der Waals surface area contributed by atoms with Crippen LogP contribution < -0.4 is 0 Å². The largest absolute Gasteiger partial charge is 0.383 e. The fourth-order valence-corrected chi connectivity index (χ4v) is 1.52. The first-order chi connectivity index (χ1) is 6.85. The van der Waals surface area contributed by atoms with Gasteiger partial charge in [-0.25, -0.2) is 8.78 Å². The maximum atomic E-state index is 12.7. The number of nitrogens with zero attached hydrogens (tertiary/aromatic N) is 1. The Bertz CT molecular complexity index is 236. The van der Waals surface area contributed by atoms with Gasteiger partial charge in [0.2, 0.25) is 0 Å². The molecule has 0 aromatic rings. The molecular formula is C9H13F4NO. The molecule has 1 heterocycles. The van der Waals surface area contributed by atoms with Crippen molar-refractivity contribution in [1.82, 2.24) is 4.90 Å². The molecule has 0 radical (unpaired) electrons. The topological polar surface area (TPSA) is 20.3 Å². The lowest BCUT2D eigenvalue weighted by Gasteiger charge is -2.32. The third-order valence-corrected chi connectivity index (χ3v) is 2.63. The van der Waals surface area contributed by atoms with E-state index >= 15 is 0 Å². The predicted octanol–water partition coefficient (Wildman–Crippen LogP) is 2.15. The Balaban J connectivity index is 2.61. The van der Waals surface area contributed by atoms with E-state index < -0.39 is 18.3 Å². The highest BCUT2D eigenvalue weighted by Gasteiger charge is 2.51. The fourth-order valence-electron chi connectivity index (χ4n) is 1.52. The minimum Gasteiger partial charge on any atom is -0.337 e. The van der Waals surface area contributed by atoms with Crippen LogP contribution in [0.4, 0.5) is 17.6 Å². The van der Waals surface area contributed by atoms with Gasteiger partial charge in [-0.15, -0.1) is 0 Å². The molecule has 15 heavy (non-hydrogen) atoms. The molecule has 0 N–H and O–H groups in total. The molecule has 1 aliphatic heterocycles. The van der Waals surface area contributed by atoms with Crippen molar-refractivity contribution >= 4 is 5.91 Å². The van der Waals surface area contributed by atoms with Gasteiger partial charge in [0.1, 0.15) is 0 Å². The maximum absolute atomic E-state index is 12.7. The smallest absolute Gasteiger partial charge is 0.337 e. The lowest BCUT2D eigenvalue weighted by Crippen LogP contribution is -2.50. The van der Waals surface area contributed by atoms with Crippen LogP contribution in [0, 0.1) is 5.92 Å². The molecule has 0 unspecified atom stereocenters. The van der Waals surface area contributed by atoms with Crippen LogP contribution in [0.2, 0.25) is 0 Å². The first-order valence-corrected chi connectivity index (χ1v) is 4.81. The van der Waals surface area contributed by atoms with Gasteiger partial charge in [0, 0.05) is 13.1 Å². The van der Waals surface area contributed by atoms with E-state index in [1.54, 1.807) is 0 Å². The molecule has 0 aliphatic carbocycles. The Morgan fingerprint density at radius 2 is 1.80 bits per heavy atom. The van der Waals surface area contributed by atoms with Crippen LogP contribution in [-0.2, 0) is 4.79 Å². The Morgan fingerprint density at radius 1 is 1.33 bits per heavy atom. The van der Waals surface area contributed by atoms with Crippen molar-refractivity contribution in [3.63, 3.8) is 0 Å². The monoisotopic (exact) mass is 227 g/mol. The highest BCUT2D eigenvalue weighted by atomic mass is 19.3. The summed E-state index contributed by atoms with van der Waals surface area (Å²) in [6.45, 7) is 2.22. The second-order valence-electron chi connectivity index (χ2n) is 3.90. The molecule has 1 amide bonds. The number of rotatable bonds is 2. The summed E-state index contributed by atoms with van der Waals surface area (Å²) in [7, 11) is 0. The summed E-state index contributed by atoms with van der Waals surface area (Å²) in [4.78, 5) is 11.9. The van der Waals surface area contributed by atoms with Crippen molar-refractivity contribution in [2.24, 2.45) is 5.92 Å². The number of piperidine rings is 1. The van der Waals surface area contributed by atoms with Crippen molar-refractivity contribution in [1.29, 1.82) is 0 Å². The van der Waals surface area contributed by atoms with Crippen molar-refractivity contribution in [2.75, 3.05) is 13.1 Å². The molecule has 6 heteroatoms. The first-order valence-electron chi connectivity index (χ1n) is 4.81. The maximum Gasteiger partial charge on any atom is 0.383 e. The van der Waals surface area contributed by atoms with E-state index in [-0.39, 0.29) is 13.1 Å². The number of halogens is 4. The van der Waals surface area contributed by atoms with E-state index in [2.05, 4.69) is 0 Å². The van der Waals surface area contributed by atoms with Crippen LogP contribution in [0.1, 0.15) is 19.8 Å². The van der Waals surface area contributed by atoms with Gasteiger partial charge in [-0.3, -0.25) is 4.79 Å². The molecule has 1 saturated heterocycles. The Labute approximate surface area is 85.2 Å². The molecule has 1 fully saturated rings. The molecule has 0 aromatic heterocycles. The highest BCUT2D eigenvalue weighted by molar-refractivity contribution is 5.84. The summed E-state index contributed by atoms with van der Waals surface area (Å²) in [5, 5.41) is 0. The fraction of sp³-hybridized carbons (Fsp3) is 0.889. The lowest BCUT2D eigenvalue weighted by atomic mass is 9.99. The number of likely N-dealkylation sites (tertiary alicyclic amines) is 1. The standard InChI is InChI=1S/C9H13F4NO/c1-6-2-4-14(5-3-6)8(15)9(12,13)7(10)11/h6-7H,2-5H2,1H3.